The lowest BCUT2D eigenvalue weighted by Crippen LogP contribution is -2.38. The van der Waals surface area contributed by atoms with Crippen LogP contribution in [-0.4, -0.2) is 40.7 Å². The Morgan fingerprint density at radius 2 is 1.87 bits per heavy atom. The van der Waals surface area contributed by atoms with E-state index in [2.05, 4.69) is 26.2 Å². The number of rotatable bonds is 4. The highest BCUT2D eigenvalue weighted by Gasteiger charge is 2.36. The number of imide groups is 1. The summed E-state index contributed by atoms with van der Waals surface area (Å²) < 4.78 is 0.882. The maximum absolute atomic E-state index is 12.1. The van der Waals surface area contributed by atoms with Crippen LogP contribution in [-0.2, 0) is 0 Å². The lowest BCUT2D eigenvalue weighted by Gasteiger charge is -2.13. The molecule has 0 saturated heterocycles. The molecule has 2 heterocycles. The Hall–Kier alpha value is -2.54. The molecule has 3 amide bonds. The smallest absolute Gasteiger partial charge is 0.280 e. The summed E-state index contributed by atoms with van der Waals surface area (Å²) in [6.07, 6.45) is 1.48. The lowest BCUT2D eigenvalue weighted by atomic mass is 10.2. The molecule has 116 valence electrons. The first-order valence-electron chi connectivity index (χ1n) is 6.93. The Balaban J connectivity index is 1.60. The van der Waals surface area contributed by atoms with Gasteiger partial charge in [-0.2, -0.15) is 0 Å². The number of pyridine rings is 1. The van der Waals surface area contributed by atoms with Gasteiger partial charge in [0.2, 0.25) is 0 Å². The number of hydrogen-bond donors (Lipinski definition) is 1. The van der Waals surface area contributed by atoms with Crippen molar-refractivity contribution in [3.05, 3.63) is 63.9 Å². The zero-order valence-corrected chi connectivity index (χ0v) is 13.5. The fraction of sp³-hybridized carbons (Fsp3) is 0.125. The molecule has 23 heavy (non-hydrogen) atoms. The zero-order chi connectivity index (χ0) is 16.4. The van der Waals surface area contributed by atoms with Crippen molar-refractivity contribution in [3.63, 3.8) is 0 Å². The molecule has 6 nitrogen and oxygen atoms in total. The van der Waals surface area contributed by atoms with E-state index in [1.807, 2.05) is 0 Å². The normalized spacial score (nSPS) is 13.2. The SMILES string of the molecule is O=C(NCCN1C(=O)c2cccnc2C1=O)c1ccc(Br)cc1. The number of aromatic nitrogens is 1. The van der Waals surface area contributed by atoms with Crippen molar-refractivity contribution in [2.45, 2.75) is 0 Å². The minimum absolute atomic E-state index is 0.107. The number of nitrogens with zero attached hydrogens (tertiary/aromatic N) is 2. The molecular formula is C16H12BrN3O3. The Bertz CT molecular complexity index is 754. The van der Waals surface area contributed by atoms with Gasteiger partial charge in [-0.05, 0) is 36.4 Å². The standard InChI is InChI=1S/C16H12BrN3O3/c17-11-5-3-10(4-6-11)14(21)19-8-9-20-15(22)12-2-1-7-18-13(12)16(20)23/h1-7H,8-9H2,(H,19,21). The summed E-state index contributed by atoms with van der Waals surface area (Å²) in [4.78, 5) is 41.3. The van der Waals surface area contributed by atoms with Gasteiger partial charge < -0.3 is 5.32 Å². The topological polar surface area (TPSA) is 79.4 Å². The molecule has 1 N–H and O–H groups in total. The van der Waals surface area contributed by atoms with Crippen LogP contribution in [0.3, 0.4) is 0 Å². The molecule has 0 spiro atoms. The maximum atomic E-state index is 12.1. The highest BCUT2D eigenvalue weighted by atomic mass is 79.9. The van der Waals surface area contributed by atoms with Gasteiger partial charge in [0, 0.05) is 29.3 Å². The van der Waals surface area contributed by atoms with E-state index in [4.69, 9.17) is 0 Å². The van der Waals surface area contributed by atoms with Crippen molar-refractivity contribution >= 4 is 33.7 Å². The van der Waals surface area contributed by atoms with Crippen LogP contribution in [0.1, 0.15) is 31.2 Å². The van der Waals surface area contributed by atoms with E-state index >= 15 is 0 Å². The number of hydrogen-bond acceptors (Lipinski definition) is 4. The van der Waals surface area contributed by atoms with Crippen LogP contribution in [0.5, 0.6) is 0 Å². The van der Waals surface area contributed by atoms with Crippen LogP contribution in [0.25, 0.3) is 0 Å². The molecule has 0 fully saturated rings. The van der Waals surface area contributed by atoms with Gasteiger partial charge in [0.05, 0.1) is 5.56 Å². The van der Waals surface area contributed by atoms with Crippen LogP contribution in [0.2, 0.25) is 0 Å². The summed E-state index contributed by atoms with van der Waals surface area (Å²) in [6.45, 7) is 0.288. The minimum Gasteiger partial charge on any atom is -0.350 e. The second-order valence-electron chi connectivity index (χ2n) is 4.92. The lowest BCUT2D eigenvalue weighted by molar-refractivity contribution is 0.0648. The summed E-state index contributed by atoms with van der Waals surface area (Å²) >= 11 is 3.30. The van der Waals surface area contributed by atoms with Crippen LogP contribution < -0.4 is 5.32 Å². The molecule has 0 aliphatic carbocycles. The molecule has 1 aromatic heterocycles. The summed E-state index contributed by atoms with van der Waals surface area (Å²) in [5.41, 5.74) is 0.978. The number of nitrogens with one attached hydrogen (secondary N) is 1. The average molecular weight is 374 g/mol. The quantitative estimate of drug-likeness (QED) is 0.829. The van der Waals surface area contributed by atoms with Crippen molar-refractivity contribution in [1.82, 2.24) is 15.2 Å². The van der Waals surface area contributed by atoms with Gasteiger partial charge in [-0.25, -0.2) is 0 Å². The fourth-order valence-corrected chi connectivity index (χ4v) is 2.57. The van der Waals surface area contributed by atoms with E-state index in [-0.39, 0.29) is 30.6 Å². The third kappa shape index (κ3) is 3.00. The molecule has 0 bridgehead atoms. The van der Waals surface area contributed by atoms with Gasteiger partial charge in [-0.15, -0.1) is 0 Å². The molecule has 0 saturated carbocycles. The fourth-order valence-electron chi connectivity index (χ4n) is 2.30. The van der Waals surface area contributed by atoms with Crippen molar-refractivity contribution in [3.8, 4) is 0 Å². The number of carbonyl (C=O) groups is 3. The van der Waals surface area contributed by atoms with Gasteiger partial charge >= 0.3 is 0 Å². The predicted octanol–water partition coefficient (Wildman–Crippen LogP) is 1.87. The molecule has 7 heteroatoms. The molecule has 0 unspecified atom stereocenters. The maximum Gasteiger partial charge on any atom is 0.280 e. The monoisotopic (exact) mass is 373 g/mol. The molecule has 3 rings (SSSR count). The molecule has 1 aliphatic heterocycles. The van der Waals surface area contributed by atoms with Gasteiger partial charge in [0.1, 0.15) is 5.69 Å². The van der Waals surface area contributed by atoms with Gasteiger partial charge in [-0.3, -0.25) is 24.3 Å². The number of amides is 3. The summed E-state index contributed by atoms with van der Waals surface area (Å²) in [5, 5.41) is 2.69. The van der Waals surface area contributed by atoms with Crippen LogP contribution in [0, 0.1) is 0 Å². The number of halogens is 1. The predicted molar refractivity (Wildman–Crippen MR) is 86.1 cm³/mol. The molecule has 0 radical (unpaired) electrons. The number of fused-ring (bicyclic) bond motifs is 1. The van der Waals surface area contributed by atoms with Crippen LogP contribution in [0.4, 0.5) is 0 Å². The number of benzene rings is 1. The zero-order valence-electron chi connectivity index (χ0n) is 12.0. The summed E-state index contributed by atoms with van der Waals surface area (Å²) in [6, 6.07) is 10.1. The minimum atomic E-state index is -0.427. The third-order valence-corrected chi connectivity index (χ3v) is 3.99. The largest absolute Gasteiger partial charge is 0.350 e. The molecule has 2 aromatic rings. The first kappa shape index (κ1) is 15.4. The Morgan fingerprint density at radius 1 is 1.13 bits per heavy atom. The van der Waals surface area contributed by atoms with Gasteiger partial charge in [0.25, 0.3) is 17.7 Å². The van der Waals surface area contributed by atoms with E-state index in [1.54, 1.807) is 36.4 Å². The van der Waals surface area contributed by atoms with Crippen LogP contribution >= 0.6 is 15.9 Å². The third-order valence-electron chi connectivity index (χ3n) is 3.46. The summed E-state index contributed by atoms with van der Waals surface area (Å²) in [5.74, 6) is -1.06. The highest BCUT2D eigenvalue weighted by Crippen LogP contribution is 2.19. The van der Waals surface area contributed by atoms with E-state index in [0.29, 0.717) is 11.1 Å². The Labute approximate surface area is 140 Å². The van der Waals surface area contributed by atoms with Gasteiger partial charge in [-0.1, -0.05) is 15.9 Å². The Morgan fingerprint density at radius 3 is 2.57 bits per heavy atom. The Kier molecular flexibility index (Phi) is 4.20. The van der Waals surface area contributed by atoms with E-state index in [9.17, 15) is 14.4 Å². The molecule has 1 aromatic carbocycles. The highest BCUT2D eigenvalue weighted by molar-refractivity contribution is 9.10. The second kappa shape index (κ2) is 6.29. The van der Waals surface area contributed by atoms with E-state index in [1.165, 1.54) is 6.20 Å². The summed E-state index contributed by atoms with van der Waals surface area (Å²) in [7, 11) is 0. The number of carbonyl (C=O) groups excluding carboxylic acids is 3. The van der Waals surface area contributed by atoms with E-state index in [0.717, 1.165) is 9.37 Å². The molecular weight excluding hydrogens is 362 g/mol. The van der Waals surface area contributed by atoms with Crippen molar-refractivity contribution in [2.24, 2.45) is 0 Å². The van der Waals surface area contributed by atoms with Crippen molar-refractivity contribution < 1.29 is 14.4 Å². The molecule has 0 atom stereocenters. The van der Waals surface area contributed by atoms with E-state index < -0.39 is 5.91 Å². The second-order valence-corrected chi connectivity index (χ2v) is 5.84. The first-order chi connectivity index (χ1) is 11.1. The van der Waals surface area contributed by atoms with Crippen molar-refractivity contribution in [2.75, 3.05) is 13.1 Å². The molecule has 1 aliphatic rings. The van der Waals surface area contributed by atoms with Crippen molar-refractivity contribution in [1.29, 1.82) is 0 Å². The van der Waals surface area contributed by atoms with Gasteiger partial charge in [0.15, 0.2) is 0 Å². The first-order valence-corrected chi connectivity index (χ1v) is 7.72. The van der Waals surface area contributed by atoms with Crippen LogP contribution in [0.15, 0.2) is 47.1 Å². The average Bonchev–Trinajstić information content (AvgIpc) is 2.81.